The molecule has 1 unspecified atom stereocenters. The van der Waals surface area contributed by atoms with Crippen molar-refractivity contribution in [3.63, 3.8) is 0 Å². The first-order valence-corrected chi connectivity index (χ1v) is 4.87. The zero-order chi connectivity index (χ0) is 11.4. The topological polar surface area (TPSA) is 75.3 Å². The lowest BCUT2D eigenvalue weighted by atomic mass is 10.1. The van der Waals surface area contributed by atoms with E-state index in [1.54, 1.807) is 18.2 Å². The summed E-state index contributed by atoms with van der Waals surface area (Å²) in [4.78, 5) is 10.9. The normalized spacial score (nSPS) is 12.3. The Morgan fingerprint density at radius 2 is 2.33 bits per heavy atom. The highest BCUT2D eigenvalue weighted by Crippen LogP contribution is 2.25. The zero-order valence-electron chi connectivity index (χ0n) is 8.33. The molecule has 5 heteroatoms. The summed E-state index contributed by atoms with van der Waals surface area (Å²) in [6.07, 6.45) is -0.802. The second-order valence-electron chi connectivity index (χ2n) is 3.16. The van der Waals surface area contributed by atoms with Crippen LogP contribution in [0.25, 0.3) is 0 Å². The van der Waals surface area contributed by atoms with Gasteiger partial charge in [-0.2, -0.15) is 0 Å². The average Bonchev–Trinajstić information content (AvgIpc) is 2.16. The zero-order valence-corrected chi connectivity index (χ0v) is 9.08. The van der Waals surface area contributed by atoms with Crippen LogP contribution in [-0.4, -0.2) is 17.6 Å². The lowest BCUT2D eigenvalue weighted by Crippen LogP contribution is -2.15. The molecular formula is C10H13ClN2O2. The molecule has 0 saturated carbocycles. The van der Waals surface area contributed by atoms with Crippen LogP contribution < -0.4 is 11.1 Å². The summed E-state index contributed by atoms with van der Waals surface area (Å²) in [5, 5.41) is 12.7. The highest BCUT2D eigenvalue weighted by molar-refractivity contribution is 6.31. The van der Waals surface area contributed by atoms with Gasteiger partial charge in [0.05, 0.1) is 6.10 Å². The van der Waals surface area contributed by atoms with Gasteiger partial charge in [-0.15, -0.1) is 0 Å². The van der Waals surface area contributed by atoms with Crippen LogP contribution in [0.2, 0.25) is 5.02 Å². The molecule has 0 bridgehead atoms. The van der Waals surface area contributed by atoms with Gasteiger partial charge in [-0.25, -0.2) is 0 Å². The monoisotopic (exact) mass is 228 g/mol. The number of aliphatic hydroxyl groups excluding tert-OH is 1. The summed E-state index contributed by atoms with van der Waals surface area (Å²) < 4.78 is 0. The van der Waals surface area contributed by atoms with Gasteiger partial charge in [-0.1, -0.05) is 17.7 Å². The van der Waals surface area contributed by atoms with E-state index in [4.69, 9.17) is 17.3 Å². The fraction of sp³-hybridized carbons (Fsp3) is 0.300. The summed E-state index contributed by atoms with van der Waals surface area (Å²) in [5.41, 5.74) is 6.41. The number of amides is 1. The molecule has 0 radical (unpaired) electrons. The molecule has 0 saturated heterocycles. The Hall–Kier alpha value is -1.10. The number of carbonyl (C=O) groups is 1. The van der Waals surface area contributed by atoms with E-state index in [1.165, 1.54) is 6.92 Å². The van der Waals surface area contributed by atoms with Crippen LogP contribution in [0.5, 0.6) is 0 Å². The fourth-order valence-electron chi connectivity index (χ4n) is 1.24. The van der Waals surface area contributed by atoms with Crippen molar-refractivity contribution in [3.05, 3.63) is 28.8 Å². The van der Waals surface area contributed by atoms with Crippen LogP contribution in [0.4, 0.5) is 5.69 Å². The maximum atomic E-state index is 10.9. The number of aliphatic hydroxyl groups is 1. The minimum Gasteiger partial charge on any atom is -0.387 e. The largest absolute Gasteiger partial charge is 0.387 e. The van der Waals surface area contributed by atoms with Gasteiger partial charge in [0.15, 0.2) is 0 Å². The first-order chi connectivity index (χ1) is 7.04. The third kappa shape index (κ3) is 3.20. The minimum atomic E-state index is -0.802. The van der Waals surface area contributed by atoms with Crippen LogP contribution in [0, 0.1) is 0 Å². The quantitative estimate of drug-likeness (QED) is 0.730. The van der Waals surface area contributed by atoms with Gasteiger partial charge in [0.2, 0.25) is 5.91 Å². The Balaban J connectivity index is 3.08. The van der Waals surface area contributed by atoms with E-state index in [9.17, 15) is 9.90 Å². The fourth-order valence-corrected chi connectivity index (χ4v) is 1.42. The molecule has 0 aliphatic carbocycles. The molecule has 0 heterocycles. The molecule has 0 aromatic heterocycles. The second-order valence-corrected chi connectivity index (χ2v) is 3.60. The van der Waals surface area contributed by atoms with E-state index in [1.807, 2.05) is 0 Å². The van der Waals surface area contributed by atoms with Crippen LogP contribution in [-0.2, 0) is 4.79 Å². The molecule has 4 N–H and O–H groups in total. The van der Waals surface area contributed by atoms with Crippen molar-refractivity contribution in [1.29, 1.82) is 0 Å². The molecule has 1 amide bonds. The van der Waals surface area contributed by atoms with E-state index in [2.05, 4.69) is 5.32 Å². The number of nitrogens with two attached hydrogens (primary N) is 1. The van der Waals surface area contributed by atoms with Gasteiger partial charge in [0.25, 0.3) is 0 Å². The molecule has 0 fully saturated rings. The molecule has 1 atom stereocenters. The molecule has 4 nitrogen and oxygen atoms in total. The van der Waals surface area contributed by atoms with E-state index in [0.717, 1.165) is 0 Å². The Morgan fingerprint density at radius 1 is 1.67 bits per heavy atom. The predicted molar refractivity (Wildman–Crippen MR) is 59.8 cm³/mol. The van der Waals surface area contributed by atoms with Crippen molar-refractivity contribution >= 4 is 23.2 Å². The predicted octanol–water partition coefficient (Wildman–Crippen LogP) is 1.29. The van der Waals surface area contributed by atoms with Gasteiger partial charge in [-0.3, -0.25) is 4.79 Å². The summed E-state index contributed by atoms with van der Waals surface area (Å²) in [6, 6.07) is 4.86. The second kappa shape index (κ2) is 5.11. The molecule has 0 spiro atoms. The van der Waals surface area contributed by atoms with Crippen LogP contribution in [0.15, 0.2) is 18.2 Å². The number of hydrogen-bond donors (Lipinski definition) is 3. The van der Waals surface area contributed by atoms with Crippen LogP contribution in [0.1, 0.15) is 18.6 Å². The van der Waals surface area contributed by atoms with Gasteiger partial charge < -0.3 is 16.2 Å². The number of halogens is 1. The van der Waals surface area contributed by atoms with E-state index in [0.29, 0.717) is 16.3 Å². The van der Waals surface area contributed by atoms with Crippen molar-refractivity contribution in [2.45, 2.75) is 13.0 Å². The van der Waals surface area contributed by atoms with E-state index < -0.39 is 6.10 Å². The van der Waals surface area contributed by atoms with Crippen molar-refractivity contribution in [1.82, 2.24) is 0 Å². The number of carbonyl (C=O) groups excluding carboxylic acids is 1. The maximum Gasteiger partial charge on any atom is 0.221 e. The van der Waals surface area contributed by atoms with Gasteiger partial charge >= 0.3 is 0 Å². The number of rotatable bonds is 3. The molecule has 1 rings (SSSR count). The lowest BCUT2D eigenvalue weighted by Gasteiger charge is -2.14. The van der Waals surface area contributed by atoms with E-state index in [-0.39, 0.29) is 12.5 Å². The third-order valence-electron chi connectivity index (χ3n) is 1.91. The maximum absolute atomic E-state index is 10.9. The number of hydrogen-bond acceptors (Lipinski definition) is 3. The SMILES string of the molecule is CC(=O)Nc1cc(Cl)ccc1C(O)CN. The molecule has 82 valence electrons. The summed E-state index contributed by atoms with van der Waals surface area (Å²) >= 11 is 5.78. The minimum absolute atomic E-state index is 0.0915. The molecule has 0 aliphatic rings. The van der Waals surface area contributed by atoms with Crippen molar-refractivity contribution in [2.24, 2.45) is 5.73 Å². The van der Waals surface area contributed by atoms with E-state index >= 15 is 0 Å². The third-order valence-corrected chi connectivity index (χ3v) is 2.14. The summed E-state index contributed by atoms with van der Waals surface area (Å²) in [7, 11) is 0. The Bertz CT molecular complexity index is 368. The summed E-state index contributed by atoms with van der Waals surface area (Å²) in [5.74, 6) is -0.220. The van der Waals surface area contributed by atoms with Gasteiger partial charge in [0.1, 0.15) is 0 Å². The van der Waals surface area contributed by atoms with Gasteiger partial charge in [0, 0.05) is 29.7 Å². The first-order valence-electron chi connectivity index (χ1n) is 4.49. The van der Waals surface area contributed by atoms with Crippen molar-refractivity contribution in [2.75, 3.05) is 11.9 Å². The molecule has 0 aliphatic heterocycles. The Morgan fingerprint density at radius 3 is 2.87 bits per heavy atom. The molecule has 1 aromatic rings. The van der Waals surface area contributed by atoms with Gasteiger partial charge in [-0.05, 0) is 12.1 Å². The van der Waals surface area contributed by atoms with Crippen LogP contribution >= 0.6 is 11.6 Å². The average molecular weight is 229 g/mol. The van der Waals surface area contributed by atoms with Crippen molar-refractivity contribution < 1.29 is 9.90 Å². The molecule has 15 heavy (non-hydrogen) atoms. The Kier molecular flexibility index (Phi) is 4.08. The lowest BCUT2D eigenvalue weighted by molar-refractivity contribution is -0.114. The first kappa shape index (κ1) is 12.0. The highest BCUT2D eigenvalue weighted by Gasteiger charge is 2.11. The van der Waals surface area contributed by atoms with Crippen LogP contribution in [0.3, 0.4) is 0 Å². The number of nitrogens with one attached hydrogen (secondary N) is 1. The molecular weight excluding hydrogens is 216 g/mol. The smallest absolute Gasteiger partial charge is 0.221 e. The summed E-state index contributed by atoms with van der Waals surface area (Å²) in [6.45, 7) is 1.48. The van der Waals surface area contributed by atoms with Crippen molar-refractivity contribution in [3.8, 4) is 0 Å². The highest BCUT2D eigenvalue weighted by atomic mass is 35.5. The molecule has 1 aromatic carbocycles. The number of anilines is 1. The Labute approximate surface area is 93.0 Å². The number of benzene rings is 1. The standard InChI is InChI=1S/C10H13ClN2O2/c1-6(14)13-9-4-7(11)2-3-8(9)10(15)5-12/h2-4,10,15H,5,12H2,1H3,(H,13,14).